The Balaban J connectivity index is 1.35. The third-order valence-electron chi connectivity index (χ3n) is 5.99. The lowest BCUT2D eigenvalue weighted by molar-refractivity contribution is -0.128. The van der Waals surface area contributed by atoms with Gasteiger partial charge >= 0.3 is 0 Å². The van der Waals surface area contributed by atoms with E-state index in [4.69, 9.17) is 4.99 Å². The van der Waals surface area contributed by atoms with Crippen molar-refractivity contribution in [3.63, 3.8) is 0 Å². The maximum absolute atomic E-state index is 13.4. The first kappa shape index (κ1) is 22.9. The number of carbonyl (C=O) groups is 2. The molecule has 2 heterocycles. The van der Waals surface area contributed by atoms with Gasteiger partial charge in [0.2, 0.25) is 11.8 Å². The van der Waals surface area contributed by atoms with E-state index < -0.39 is 5.25 Å². The van der Waals surface area contributed by atoms with Crippen LogP contribution in [-0.4, -0.2) is 38.7 Å². The lowest BCUT2D eigenvalue weighted by Crippen LogP contribution is -2.35. The fraction of sp³-hybridized carbons (Fsp3) is 0.179. The molecule has 6 nitrogen and oxygen atoms in total. The normalized spacial score (nSPS) is 16.8. The Morgan fingerprint density at radius 2 is 1.77 bits per heavy atom. The van der Waals surface area contributed by atoms with Crippen LogP contribution in [0.4, 0.5) is 11.4 Å². The lowest BCUT2D eigenvalue weighted by Gasteiger charge is -2.16. The Morgan fingerprint density at radius 1 is 1.03 bits per heavy atom. The molecule has 176 valence electrons. The summed E-state index contributed by atoms with van der Waals surface area (Å²) in [6.45, 7) is 2.52. The molecular formula is C28H26N4O2S. The Kier molecular flexibility index (Phi) is 6.68. The third-order valence-corrected chi connectivity index (χ3v) is 7.16. The summed E-state index contributed by atoms with van der Waals surface area (Å²) in [4.78, 5) is 35.9. The summed E-state index contributed by atoms with van der Waals surface area (Å²) in [5.74, 6) is -0.265. The van der Waals surface area contributed by atoms with E-state index in [0.29, 0.717) is 18.1 Å². The van der Waals surface area contributed by atoms with Crippen LogP contribution >= 0.6 is 11.8 Å². The highest BCUT2D eigenvalue weighted by atomic mass is 32.2. The van der Waals surface area contributed by atoms with Crippen molar-refractivity contribution in [1.29, 1.82) is 0 Å². The summed E-state index contributed by atoms with van der Waals surface area (Å²) in [5.41, 5.74) is 4.89. The van der Waals surface area contributed by atoms with E-state index in [0.717, 1.165) is 33.4 Å². The second-order valence-electron chi connectivity index (χ2n) is 8.55. The molecule has 3 aromatic carbocycles. The molecule has 1 aromatic heterocycles. The van der Waals surface area contributed by atoms with Crippen molar-refractivity contribution in [3.8, 4) is 0 Å². The van der Waals surface area contributed by atoms with Crippen LogP contribution in [0.15, 0.2) is 90.1 Å². The predicted octanol–water partition coefficient (Wildman–Crippen LogP) is 5.68. The van der Waals surface area contributed by atoms with Gasteiger partial charge in [0.25, 0.3) is 0 Å². The maximum atomic E-state index is 13.4. The summed E-state index contributed by atoms with van der Waals surface area (Å²) in [6.07, 6.45) is 2.78. The van der Waals surface area contributed by atoms with E-state index in [1.54, 1.807) is 4.90 Å². The van der Waals surface area contributed by atoms with Crippen LogP contribution in [-0.2, 0) is 16.0 Å². The van der Waals surface area contributed by atoms with Gasteiger partial charge in [0.1, 0.15) is 5.25 Å². The molecule has 0 saturated carbocycles. The number of hydrogen-bond acceptors (Lipinski definition) is 4. The van der Waals surface area contributed by atoms with Crippen molar-refractivity contribution in [3.05, 3.63) is 96.2 Å². The van der Waals surface area contributed by atoms with Gasteiger partial charge in [-0.1, -0.05) is 65.9 Å². The zero-order chi connectivity index (χ0) is 24.2. The number of carbonyl (C=O) groups excluding carboxylic acids is 2. The molecule has 1 aliphatic rings. The number of benzene rings is 3. The molecule has 0 unspecified atom stereocenters. The lowest BCUT2D eigenvalue weighted by atomic mass is 10.1. The minimum absolute atomic E-state index is 0.0797. The van der Waals surface area contributed by atoms with Crippen molar-refractivity contribution in [2.45, 2.75) is 25.0 Å². The SMILES string of the molecule is Cc1ccc(N=C2S[C@@H](CC(=O)Nc3ccccc3)C(=O)N2CCc2c[nH]c3ccccc23)cc1. The number of aliphatic imine (C=N–C) groups is 1. The van der Waals surface area contributed by atoms with Crippen molar-refractivity contribution in [1.82, 2.24) is 9.88 Å². The van der Waals surface area contributed by atoms with Crippen LogP contribution in [0.3, 0.4) is 0 Å². The number of aryl methyl sites for hydroxylation is 1. The largest absolute Gasteiger partial charge is 0.361 e. The number of aromatic amines is 1. The molecule has 0 radical (unpaired) electrons. The molecule has 0 aliphatic carbocycles. The Morgan fingerprint density at radius 3 is 2.57 bits per heavy atom. The number of para-hydroxylation sites is 2. The van der Waals surface area contributed by atoms with Gasteiger partial charge in [0, 0.05) is 35.8 Å². The minimum Gasteiger partial charge on any atom is -0.361 e. The van der Waals surface area contributed by atoms with Gasteiger partial charge in [-0.2, -0.15) is 0 Å². The predicted molar refractivity (Wildman–Crippen MR) is 143 cm³/mol. The zero-order valence-electron chi connectivity index (χ0n) is 19.4. The second kappa shape index (κ2) is 10.2. The van der Waals surface area contributed by atoms with Gasteiger partial charge in [-0.05, 0) is 49.2 Å². The molecule has 2 N–H and O–H groups in total. The summed E-state index contributed by atoms with van der Waals surface area (Å²) in [6, 6.07) is 25.3. The first-order chi connectivity index (χ1) is 17.1. The fourth-order valence-electron chi connectivity index (χ4n) is 4.13. The van der Waals surface area contributed by atoms with E-state index in [-0.39, 0.29) is 18.2 Å². The second-order valence-corrected chi connectivity index (χ2v) is 9.72. The molecule has 1 fully saturated rings. The van der Waals surface area contributed by atoms with Gasteiger partial charge in [0.05, 0.1) is 5.69 Å². The standard InChI is InChI=1S/C28H26N4O2S/c1-19-11-13-22(14-12-19)31-28-32(16-15-20-18-29-24-10-6-5-9-23(20)24)27(34)25(35-28)17-26(33)30-21-7-3-2-4-8-21/h2-14,18,25,29H,15-17H2,1H3,(H,30,33)/t25-/m0/s1. The molecule has 1 atom stereocenters. The van der Waals surface area contributed by atoms with Crippen molar-refractivity contribution in [2.75, 3.05) is 11.9 Å². The quantitative estimate of drug-likeness (QED) is 0.356. The average Bonchev–Trinajstić information content (AvgIpc) is 3.40. The van der Waals surface area contributed by atoms with Gasteiger partial charge in [-0.3, -0.25) is 14.5 Å². The van der Waals surface area contributed by atoms with Crippen LogP contribution in [0.25, 0.3) is 10.9 Å². The zero-order valence-corrected chi connectivity index (χ0v) is 20.2. The number of hydrogen-bond donors (Lipinski definition) is 2. The Hall–Kier alpha value is -3.84. The Bertz CT molecular complexity index is 1380. The number of nitrogens with zero attached hydrogens (tertiary/aromatic N) is 2. The highest BCUT2D eigenvalue weighted by Crippen LogP contribution is 2.32. The maximum Gasteiger partial charge on any atom is 0.242 e. The van der Waals surface area contributed by atoms with Crippen molar-refractivity contribution >= 4 is 51.0 Å². The van der Waals surface area contributed by atoms with Gasteiger partial charge in [-0.15, -0.1) is 0 Å². The monoisotopic (exact) mass is 482 g/mol. The Labute approximate surface area is 208 Å². The van der Waals surface area contributed by atoms with Crippen LogP contribution < -0.4 is 5.32 Å². The first-order valence-electron chi connectivity index (χ1n) is 11.6. The van der Waals surface area contributed by atoms with Gasteiger partial charge in [0.15, 0.2) is 5.17 Å². The third kappa shape index (κ3) is 5.30. The molecular weight excluding hydrogens is 456 g/mol. The number of fused-ring (bicyclic) bond motifs is 1. The smallest absolute Gasteiger partial charge is 0.242 e. The molecule has 7 heteroatoms. The summed E-state index contributed by atoms with van der Waals surface area (Å²) >= 11 is 1.36. The van der Waals surface area contributed by atoms with Crippen molar-refractivity contribution in [2.24, 2.45) is 4.99 Å². The first-order valence-corrected chi connectivity index (χ1v) is 12.5. The molecule has 5 rings (SSSR count). The van der Waals surface area contributed by atoms with E-state index in [1.165, 1.54) is 11.8 Å². The molecule has 0 spiro atoms. The topological polar surface area (TPSA) is 77.6 Å². The van der Waals surface area contributed by atoms with Crippen LogP contribution in [0.1, 0.15) is 17.5 Å². The summed E-state index contributed by atoms with van der Waals surface area (Å²) in [7, 11) is 0. The number of amidine groups is 1. The van der Waals surface area contributed by atoms with E-state index in [9.17, 15) is 9.59 Å². The van der Waals surface area contributed by atoms with Crippen LogP contribution in [0.5, 0.6) is 0 Å². The van der Waals surface area contributed by atoms with Crippen LogP contribution in [0.2, 0.25) is 0 Å². The number of H-pyrrole nitrogens is 1. The molecule has 2 amide bonds. The number of anilines is 1. The van der Waals surface area contributed by atoms with Crippen molar-refractivity contribution < 1.29 is 9.59 Å². The van der Waals surface area contributed by atoms with Gasteiger partial charge in [-0.25, -0.2) is 4.99 Å². The fourth-order valence-corrected chi connectivity index (χ4v) is 5.32. The summed E-state index contributed by atoms with van der Waals surface area (Å²) < 4.78 is 0. The van der Waals surface area contributed by atoms with Crippen LogP contribution in [0, 0.1) is 6.92 Å². The van der Waals surface area contributed by atoms with Gasteiger partial charge < -0.3 is 10.3 Å². The highest BCUT2D eigenvalue weighted by molar-refractivity contribution is 8.15. The van der Waals surface area contributed by atoms with E-state index in [1.807, 2.05) is 85.9 Å². The molecule has 1 saturated heterocycles. The van der Waals surface area contributed by atoms with E-state index >= 15 is 0 Å². The molecule has 1 aliphatic heterocycles. The number of nitrogens with one attached hydrogen (secondary N) is 2. The molecule has 4 aromatic rings. The number of thioether (sulfide) groups is 1. The number of rotatable bonds is 7. The highest BCUT2D eigenvalue weighted by Gasteiger charge is 2.39. The molecule has 35 heavy (non-hydrogen) atoms. The number of aromatic nitrogens is 1. The average molecular weight is 483 g/mol. The summed E-state index contributed by atoms with van der Waals surface area (Å²) in [5, 5.41) is 4.16. The van der Waals surface area contributed by atoms with E-state index in [2.05, 4.69) is 16.4 Å². The molecule has 0 bridgehead atoms. The number of amides is 2. The minimum atomic E-state index is -0.508.